The highest BCUT2D eigenvalue weighted by Gasteiger charge is 2.46. The first-order valence-corrected chi connectivity index (χ1v) is 11.1. The van der Waals surface area contributed by atoms with Crippen molar-refractivity contribution in [3.05, 3.63) is 69.3 Å². The topological polar surface area (TPSA) is 148 Å². The standard InChI is InChI=1S/C22H14F3N5O6S/c1-2-35-16-9-11(6-7-15(16)36-19(32)12-4-3-5-13(10-12)30(33)34)8-14-17(26)29-21(27-18(14)31)37-20(28-29)22(23,24)25/h3-10,26H,2H2,1H3. The lowest BCUT2D eigenvalue weighted by molar-refractivity contribution is -0.384. The predicted octanol–water partition coefficient (Wildman–Crippen LogP) is 4.39. The van der Waals surface area contributed by atoms with Crippen LogP contribution in [0.3, 0.4) is 0 Å². The van der Waals surface area contributed by atoms with Crippen LogP contribution in [0.4, 0.5) is 18.9 Å². The normalized spacial score (nSPS) is 16.3. The molecule has 37 heavy (non-hydrogen) atoms. The molecule has 0 radical (unpaired) electrons. The van der Waals surface area contributed by atoms with Crippen molar-refractivity contribution in [3.63, 3.8) is 0 Å². The number of carbonyl (C=O) groups is 2. The van der Waals surface area contributed by atoms with Crippen LogP contribution >= 0.6 is 11.8 Å². The van der Waals surface area contributed by atoms with Crippen LogP contribution in [-0.4, -0.2) is 50.6 Å². The molecule has 2 aromatic carbocycles. The fourth-order valence-corrected chi connectivity index (χ4v) is 3.90. The smallest absolute Gasteiger partial charge is 0.441 e. The van der Waals surface area contributed by atoms with Gasteiger partial charge in [0, 0.05) is 12.1 Å². The summed E-state index contributed by atoms with van der Waals surface area (Å²) in [6.45, 7) is 1.82. The fourth-order valence-electron chi connectivity index (χ4n) is 3.15. The van der Waals surface area contributed by atoms with Gasteiger partial charge in [0.25, 0.3) is 11.6 Å². The van der Waals surface area contributed by atoms with Crippen LogP contribution in [0.2, 0.25) is 0 Å². The van der Waals surface area contributed by atoms with Gasteiger partial charge in [-0.1, -0.05) is 12.1 Å². The van der Waals surface area contributed by atoms with Gasteiger partial charge in [-0.2, -0.15) is 28.3 Å². The van der Waals surface area contributed by atoms with Crippen molar-refractivity contribution in [3.8, 4) is 11.5 Å². The number of nitrogens with one attached hydrogen (secondary N) is 1. The highest BCUT2D eigenvalue weighted by Crippen LogP contribution is 2.36. The SMILES string of the molecule is CCOc1cc(C=C2C(=N)N3N=C(C(F)(F)F)SC3=NC2=O)ccc1OC(=O)c1cccc([N+](=O)[O-])c1. The quantitative estimate of drug-likeness (QED) is 0.189. The third kappa shape index (κ3) is 5.35. The van der Waals surface area contributed by atoms with E-state index in [1.165, 1.54) is 42.5 Å². The molecule has 1 amide bonds. The minimum Gasteiger partial charge on any atom is -0.490 e. The van der Waals surface area contributed by atoms with Crippen LogP contribution in [0.25, 0.3) is 6.08 Å². The molecule has 0 spiro atoms. The summed E-state index contributed by atoms with van der Waals surface area (Å²) in [6.07, 6.45) is -3.55. The second-order valence-electron chi connectivity index (χ2n) is 7.26. The minimum atomic E-state index is -4.76. The number of esters is 1. The van der Waals surface area contributed by atoms with Gasteiger partial charge in [0.1, 0.15) is 0 Å². The van der Waals surface area contributed by atoms with E-state index in [0.29, 0.717) is 5.01 Å². The van der Waals surface area contributed by atoms with E-state index in [2.05, 4.69) is 10.1 Å². The maximum absolute atomic E-state index is 13.0. The minimum absolute atomic E-state index is 0.0266. The van der Waals surface area contributed by atoms with E-state index in [0.717, 1.165) is 6.07 Å². The molecule has 0 saturated heterocycles. The van der Waals surface area contributed by atoms with Gasteiger partial charge < -0.3 is 9.47 Å². The molecule has 0 unspecified atom stereocenters. The molecule has 0 aromatic heterocycles. The molecule has 0 bridgehead atoms. The van der Waals surface area contributed by atoms with Crippen molar-refractivity contribution in [2.45, 2.75) is 13.1 Å². The van der Waals surface area contributed by atoms with Crippen molar-refractivity contribution in [2.24, 2.45) is 10.1 Å². The lowest BCUT2D eigenvalue weighted by Crippen LogP contribution is -2.35. The lowest BCUT2D eigenvalue weighted by Gasteiger charge is -2.20. The number of ether oxygens (including phenoxy) is 2. The maximum Gasteiger partial charge on any atom is 0.441 e. The highest BCUT2D eigenvalue weighted by molar-refractivity contribution is 8.27. The largest absolute Gasteiger partial charge is 0.490 e. The Morgan fingerprint density at radius 2 is 2.00 bits per heavy atom. The average molecular weight is 533 g/mol. The monoisotopic (exact) mass is 533 g/mol. The molecule has 1 N–H and O–H groups in total. The Morgan fingerprint density at radius 1 is 1.24 bits per heavy atom. The van der Waals surface area contributed by atoms with Gasteiger partial charge in [-0.3, -0.25) is 20.3 Å². The molecule has 2 aliphatic rings. The number of halogens is 3. The van der Waals surface area contributed by atoms with Crippen molar-refractivity contribution in [1.29, 1.82) is 5.41 Å². The Bertz CT molecular complexity index is 1440. The van der Waals surface area contributed by atoms with Crippen LogP contribution < -0.4 is 9.47 Å². The van der Waals surface area contributed by atoms with Crippen molar-refractivity contribution in [2.75, 3.05) is 6.61 Å². The Hall–Kier alpha value is -4.53. The number of nitrogens with zero attached hydrogens (tertiary/aromatic N) is 4. The van der Waals surface area contributed by atoms with Crippen LogP contribution in [0.1, 0.15) is 22.8 Å². The van der Waals surface area contributed by atoms with Gasteiger partial charge in [0.15, 0.2) is 17.3 Å². The number of non-ortho nitro benzene ring substituents is 1. The van der Waals surface area contributed by atoms with Crippen molar-refractivity contribution < 1.29 is 37.2 Å². The predicted molar refractivity (Wildman–Crippen MR) is 127 cm³/mol. The summed E-state index contributed by atoms with van der Waals surface area (Å²) in [5.74, 6) is -2.36. The average Bonchev–Trinajstić information content (AvgIpc) is 3.28. The number of amidine groups is 2. The molecule has 0 fully saturated rings. The van der Waals surface area contributed by atoms with E-state index in [-0.39, 0.29) is 57.4 Å². The van der Waals surface area contributed by atoms with Gasteiger partial charge in [-0.15, -0.1) is 0 Å². The first-order valence-electron chi connectivity index (χ1n) is 10.3. The number of hydrogen-bond acceptors (Lipinski definition) is 9. The van der Waals surface area contributed by atoms with Crippen LogP contribution in [0.15, 0.2) is 58.1 Å². The molecule has 4 rings (SSSR count). The number of alkyl halides is 3. The lowest BCUT2D eigenvalue weighted by atomic mass is 10.1. The molecular weight excluding hydrogens is 519 g/mol. The summed E-state index contributed by atoms with van der Waals surface area (Å²) < 4.78 is 49.8. The number of benzene rings is 2. The molecule has 190 valence electrons. The molecule has 11 nitrogen and oxygen atoms in total. The molecule has 2 aromatic rings. The summed E-state index contributed by atoms with van der Waals surface area (Å²) >= 11 is 0.141. The fraction of sp³-hybridized carbons (Fsp3) is 0.136. The second-order valence-corrected chi connectivity index (χ2v) is 8.22. The highest BCUT2D eigenvalue weighted by atomic mass is 32.2. The summed E-state index contributed by atoms with van der Waals surface area (Å²) in [6, 6.07) is 9.08. The van der Waals surface area contributed by atoms with E-state index in [1.807, 2.05) is 0 Å². The van der Waals surface area contributed by atoms with E-state index < -0.39 is 33.9 Å². The number of aliphatic imine (C=N–C) groups is 1. The summed E-state index contributed by atoms with van der Waals surface area (Å²) in [5.41, 5.74) is -0.396. The van der Waals surface area contributed by atoms with Crippen molar-refractivity contribution >= 4 is 51.4 Å². The van der Waals surface area contributed by atoms with Gasteiger partial charge >= 0.3 is 12.1 Å². The third-order valence-electron chi connectivity index (χ3n) is 4.77. The number of thioether (sulfide) groups is 1. The van der Waals surface area contributed by atoms with E-state index in [1.54, 1.807) is 6.92 Å². The van der Waals surface area contributed by atoms with Gasteiger partial charge in [0.2, 0.25) is 10.2 Å². The number of carbonyl (C=O) groups excluding carboxylic acids is 2. The van der Waals surface area contributed by atoms with E-state index in [4.69, 9.17) is 14.9 Å². The molecule has 2 aliphatic heterocycles. The molecule has 0 atom stereocenters. The van der Waals surface area contributed by atoms with E-state index >= 15 is 0 Å². The number of hydrazone groups is 1. The first-order chi connectivity index (χ1) is 17.5. The van der Waals surface area contributed by atoms with Crippen LogP contribution in [0, 0.1) is 15.5 Å². The molecule has 15 heteroatoms. The second kappa shape index (κ2) is 9.85. The zero-order valence-corrected chi connectivity index (χ0v) is 19.4. The summed E-state index contributed by atoms with van der Waals surface area (Å²) in [5, 5.41) is 21.5. The molecule has 0 aliphatic carbocycles. The van der Waals surface area contributed by atoms with Gasteiger partial charge in [-0.25, -0.2) is 4.79 Å². The number of rotatable bonds is 6. The maximum atomic E-state index is 13.0. The Labute approximate surface area is 209 Å². The number of amides is 1. The van der Waals surface area contributed by atoms with Crippen LogP contribution in [0.5, 0.6) is 11.5 Å². The number of nitro groups is 1. The summed E-state index contributed by atoms with van der Waals surface area (Å²) in [7, 11) is 0. The third-order valence-corrected chi connectivity index (χ3v) is 5.72. The zero-order chi connectivity index (χ0) is 26.9. The number of nitro benzene ring substituents is 1. The Morgan fingerprint density at radius 3 is 2.68 bits per heavy atom. The Balaban J connectivity index is 1.61. The van der Waals surface area contributed by atoms with Crippen molar-refractivity contribution in [1.82, 2.24) is 5.01 Å². The molecular formula is C22H14F3N5O6S. The van der Waals surface area contributed by atoms with Gasteiger partial charge in [-0.05, 0) is 48.5 Å². The number of fused-ring (bicyclic) bond motifs is 1. The number of hydrogen-bond donors (Lipinski definition) is 1. The summed E-state index contributed by atoms with van der Waals surface area (Å²) in [4.78, 5) is 38.9. The molecule has 2 heterocycles. The Kier molecular flexibility index (Phi) is 6.80. The first kappa shape index (κ1) is 25.6. The zero-order valence-electron chi connectivity index (χ0n) is 18.6. The van der Waals surface area contributed by atoms with E-state index in [9.17, 15) is 32.9 Å². The molecule has 0 saturated carbocycles. The van der Waals surface area contributed by atoms with Crippen LogP contribution in [-0.2, 0) is 4.79 Å². The van der Waals surface area contributed by atoms with Gasteiger partial charge in [0.05, 0.1) is 22.7 Å².